The first kappa shape index (κ1) is 21.3. The Bertz CT molecular complexity index is 1120. The number of likely N-dealkylation sites (tertiary alicyclic amines) is 1. The Hall–Kier alpha value is -2.54. The zero-order chi connectivity index (χ0) is 22.8. The zero-order valence-corrected chi connectivity index (χ0v) is 18.4. The number of hydrogen-bond acceptors (Lipinski definition) is 7. The topological polar surface area (TPSA) is 105 Å². The van der Waals surface area contributed by atoms with Gasteiger partial charge in [0.25, 0.3) is 0 Å². The van der Waals surface area contributed by atoms with Gasteiger partial charge in [-0.25, -0.2) is 0 Å². The number of aromatic nitrogens is 2. The number of allylic oxidation sites excluding steroid dienone is 2. The molecule has 3 heterocycles. The van der Waals surface area contributed by atoms with Crippen LogP contribution in [0.15, 0.2) is 33.4 Å². The van der Waals surface area contributed by atoms with Gasteiger partial charge >= 0.3 is 6.18 Å². The van der Waals surface area contributed by atoms with Crippen molar-refractivity contribution in [2.45, 2.75) is 25.1 Å². The molecule has 5 atom stereocenters. The minimum absolute atomic E-state index is 0.00792. The SMILES string of the molecule is O=C(CC(c1ccc(Br)o1)N1C(=O)C2C3C=CC(C3)C2C1=O)Nc1nnc(C(F)(F)F)s1. The Morgan fingerprint density at radius 3 is 2.41 bits per heavy atom. The highest BCUT2D eigenvalue weighted by molar-refractivity contribution is 9.10. The highest BCUT2D eigenvalue weighted by Crippen LogP contribution is 2.54. The van der Waals surface area contributed by atoms with Crippen molar-refractivity contribution in [3.8, 4) is 0 Å². The first-order valence-corrected chi connectivity index (χ1v) is 11.3. The number of halogens is 4. The largest absolute Gasteiger partial charge is 0.452 e. The second-order valence-electron chi connectivity index (χ2n) is 7.87. The Kier molecular flexibility index (Phi) is 5.00. The van der Waals surface area contributed by atoms with Gasteiger partial charge in [0.05, 0.1) is 18.3 Å². The summed E-state index contributed by atoms with van der Waals surface area (Å²) in [5.74, 6) is -2.18. The van der Waals surface area contributed by atoms with Crippen molar-refractivity contribution in [2.24, 2.45) is 23.7 Å². The molecule has 8 nitrogen and oxygen atoms in total. The number of anilines is 1. The second kappa shape index (κ2) is 7.51. The lowest BCUT2D eigenvalue weighted by Crippen LogP contribution is -2.38. The summed E-state index contributed by atoms with van der Waals surface area (Å²) in [6.07, 6.45) is -0.404. The van der Waals surface area contributed by atoms with Crippen LogP contribution in [0.5, 0.6) is 0 Å². The normalized spacial score (nSPS) is 27.3. The Morgan fingerprint density at radius 2 is 1.88 bits per heavy atom. The molecule has 3 amide bonds. The highest BCUT2D eigenvalue weighted by Gasteiger charge is 2.61. The van der Waals surface area contributed by atoms with Gasteiger partial charge in [-0.2, -0.15) is 13.2 Å². The number of amides is 3. The summed E-state index contributed by atoms with van der Waals surface area (Å²) >= 11 is 3.35. The number of fused-ring (bicyclic) bond motifs is 5. The van der Waals surface area contributed by atoms with E-state index in [1.165, 1.54) is 6.07 Å². The van der Waals surface area contributed by atoms with E-state index in [4.69, 9.17) is 4.42 Å². The smallest absolute Gasteiger partial charge is 0.445 e. The van der Waals surface area contributed by atoms with Crippen molar-refractivity contribution < 1.29 is 32.0 Å². The maximum absolute atomic E-state index is 13.2. The van der Waals surface area contributed by atoms with Crippen LogP contribution in [0.25, 0.3) is 0 Å². The molecule has 2 aromatic heterocycles. The number of imide groups is 1. The molecule has 13 heteroatoms. The summed E-state index contributed by atoms with van der Waals surface area (Å²) in [6.45, 7) is 0. The third-order valence-electron chi connectivity index (χ3n) is 6.03. The fourth-order valence-corrected chi connectivity index (χ4v) is 5.74. The molecule has 1 saturated heterocycles. The molecule has 32 heavy (non-hydrogen) atoms. The number of nitrogens with one attached hydrogen (secondary N) is 1. The van der Waals surface area contributed by atoms with Crippen LogP contribution in [0.3, 0.4) is 0 Å². The summed E-state index contributed by atoms with van der Waals surface area (Å²) in [5, 5.41) is 7.10. The van der Waals surface area contributed by atoms with Crippen LogP contribution in [0.2, 0.25) is 0 Å². The minimum Gasteiger partial charge on any atom is -0.452 e. The maximum Gasteiger partial charge on any atom is 0.445 e. The average molecular weight is 531 g/mol. The second-order valence-corrected chi connectivity index (χ2v) is 9.63. The molecule has 2 bridgehead atoms. The molecule has 0 aromatic carbocycles. The average Bonchev–Trinajstić information content (AvgIpc) is 3.50. The van der Waals surface area contributed by atoms with E-state index in [0.29, 0.717) is 4.67 Å². The van der Waals surface area contributed by atoms with Gasteiger partial charge < -0.3 is 9.73 Å². The molecule has 0 radical (unpaired) electrons. The fraction of sp³-hybridized carbons (Fsp3) is 0.421. The molecule has 2 aliphatic carbocycles. The van der Waals surface area contributed by atoms with Crippen LogP contribution in [0.1, 0.15) is 29.7 Å². The Labute approximate surface area is 191 Å². The van der Waals surface area contributed by atoms with Crippen LogP contribution in [0, 0.1) is 23.7 Å². The van der Waals surface area contributed by atoms with Crippen molar-refractivity contribution >= 4 is 50.1 Å². The van der Waals surface area contributed by atoms with Crippen molar-refractivity contribution in [3.63, 3.8) is 0 Å². The van der Waals surface area contributed by atoms with Gasteiger partial charge in [-0.15, -0.1) is 10.2 Å². The number of furan rings is 1. The molecule has 3 aliphatic rings. The molecule has 1 saturated carbocycles. The molecule has 2 fully saturated rings. The number of hydrogen-bond donors (Lipinski definition) is 1. The zero-order valence-electron chi connectivity index (χ0n) is 16.0. The lowest BCUT2D eigenvalue weighted by Gasteiger charge is -2.25. The molecule has 5 unspecified atom stereocenters. The van der Waals surface area contributed by atoms with Crippen LogP contribution >= 0.6 is 27.3 Å². The van der Waals surface area contributed by atoms with E-state index < -0.39 is 41.4 Å². The predicted molar refractivity (Wildman–Crippen MR) is 107 cm³/mol. The number of alkyl halides is 3. The van der Waals surface area contributed by atoms with Gasteiger partial charge in [0, 0.05) is 0 Å². The molecule has 0 spiro atoms. The van der Waals surface area contributed by atoms with E-state index in [0.717, 1.165) is 11.3 Å². The van der Waals surface area contributed by atoms with E-state index in [1.807, 2.05) is 12.2 Å². The molecule has 1 aliphatic heterocycles. The molecular weight excluding hydrogens is 517 g/mol. The highest BCUT2D eigenvalue weighted by atomic mass is 79.9. The van der Waals surface area contributed by atoms with Crippen LogP contribution in [-0.2, 0) is 20.6 Å². The predicted octanol–water partition coefficient (Wildman–Crippen LogP) is 3.79. The minimum atomic E-state index is -4.68. The summed E-state index contributed by atoms with van der Waals surface area (Å²) < 4.78 is 44.1. The number of carbonyl (C=O) groups excluding carboxylic acids is 3. The number of carbonyl (C=O) groups is 3. The lowest BCUT2D eigenvalue weighted by molar-refractivity contribution is -0.144. The van der Waals surface area contributed by atoms with E-state index in [9.17, 15) is 27.6 Å². The summed E-state index contributed by atoms with van der Waals surface area (Å²) in [4.78, 5) is 40.1. The van der Waals surface area contributed by atoms with Crippen LogP contribution in [0.4, 0.5) is 18.3 Å². The Morgan fingerprint density at radius 1 is 1.22 bits per heavy atom. The van der Waals surface area contributed by atoms with Gasteiger partial charge in [-0.3, -0.25) is 19.3 Å². The fourth-order valence-electron chi connectivity index (χ4n) is 4.79. The van der Waals surface area contributed by atoms with Crippen molar-refractivity contribution in [1.29, 1.82) is 0 Å². The van der Waals surface area contributed by atoms with E-state index in [2.05, 4.69) is 31.4 Å². The lowest BCUT2D eigenvalue weighted by atomic mass is 9.85. The number of rotatable bonds is 5. The van der Waals surface area contributed by atoms with Crippen molar-refractivity contribution in [2.75, 3.05) is 5.32 Å². The third-order valence-corrected chi connectivity index (χ3v) is 7.34. The summed E-state index contributed by atoms with van der Waals surface area (Å²) in [5.41, 5.74) is 0. The molecule has 168 valence electrons. The Balaban J connectivity index is 1.39. The van der Waals surface area contributed by atoms with Gasteiger partial charge in [0.1, 0.15) is 11.8 Å². The number of nitrogens with zero attached hydrogens (tertiary/aromatic N) is 3. The van der Waals surface area contributed by atoms with Crippen molar-refractivity contribution in [3.05, 3.63) is 39.7 Å². The summed E-state index contributed by atoms with van der Waals surface area (Å²) in [7, 11) is 0. The van der Waals surface area contributed by atoms with E-state index in [1.54, 1.807) is 6.07 Å². The quantitative estimate of drug-likeness (QED) is 0.465. The third kappa shape index (κ3) is 3.47. The van der Waals surface area contributed by atoms with Gasteiger partial charge in [0.15, 0.2) is 4.67 Å². The summed E-state index contributed by atoms with van der Waals surface area (Å²) in [6, 6.07) is 2.06. The molecule has 5 rings (SSSR count). The van der Waals surface area contributed by atoms with Crippen LogP contribution < -0.4 is 5.32 Å². The van der Waals surface area contributed by atoms with Gasteiger partial charge in [0.2, 0.25) is 27.9 Å². The monoisotopic (exact) mass is 530 g/mol. The first-order valence-electron chi connectivity index (χ1n) is 9.64. The van der Waals surface area contributed by atoms with Gasteiger partial charge in [-0.1, -0.05) is 23.5 Å². The molecule has 2 aromatic rings. The van der Waals surface area contributed by atoms with Gasteiger partial charge in [-0.05, 0) is 46.3 Å². The van der Waals surface area contributed by atoms with Crippen LogP contribution in [-0.4, -0.2) is 32.8 Å². The standard InChI is InChI=1S/C19H14BrF3N4O4S/c20-11-4-3-10(31-11)9(6-12(28)24-18-26-25-17(32-18)19(21,22)23)27-15(29)13-7-1-2-8(5-7)14(13)16(27)30/h1-4,7-9,13-14H,5-6H2,(H,24,26,28). The van der Waals surface area contributed by atoms with E-state index in [-0.39, 0.29) is 45.9 Å². The first-order chi connectivity index (χ1) is 15.1. The van der Waals surface area contributed by atoms with E-state index >= 15 is 0 Å². The van der Waals surface area contributed by atoms with Crippen molar-refractivity contribution in [1.82, 2.24) is 15.1 Å². The molecular formula is C19H14BrF3N4O4S. The molecule has 1 N–H and O–H groups in total. The maximum atomic E-state index is 13.2.